The number of hydrogen-bond acceptors (Lipinski definition) is 4. The normalized spacial score (nSPS) is 21.3. The molecule has 1 N–H and O–H groups in total. The number of carbonyl (C=O) groups excluding carboxylic acids is 2. The Morgan fingerprint density at radius 2 is 1.85 bits per heavy atom. The first-order valence-electron chi connectivity index (χ1n) is 9.56. The van der Waals surface area contributed by atoms with Gasteiger partial charge in [0.25, 0.3) is 0 Å². The van der Waals surface area contributed by atoms with Gasteiger partial charge in [0.1, 0.15) is 0 Å². The third-order valence-corrected chi connectivity index (χ3v) is 5.37. The van der Waals surface area contributed by atoms with Gasteiger partial charge in [-0.1, -0.05) is 36.4 Å². The average molecular weight is 367 g/mol. The Kier molecular flexibility index (Phi) is 5.36. The highest BCUT2D eigenvalue weighted by Gasteiger charge is 2.33. The number of piperazine rings is 1. The van der Waals surface area contributed by atoms with Gasteiger partial charge < -0.3 is 15.0 Å². The van der Waals surface area contributed by atoms with E-state index in [1.165, 1.54) is 10.8 Å². The molecule has 2 aromatic carbocycles. The van der Waals surface area contributed by atoms with Crippen LogP contribution in [-0.2, 0) is 20.9 Å². The molecular weight excluding hydrogens is 342 g/mol. The minimum absolute atomic E-state index is 0.0314. The van der Waals surface area contributed by atoms with Crippen molar-refractivity contribution in [1.29, 1.82) is 0 Å². The molecule has 2 heterocycles. The van der Waals surface area contributed by atoms with Crippen LogP contribution < -0.4 is 5.32 Å². The molecule has 2 aliphatic rings. The minimum Gasteiger partial charge on any atom is -0.378 e. The fourth-order valence-corrected chi connectivity index (χ4v) is 3.85. The van der Waals surface area contributed by atoms with Crippen LogP contribution in [0.25, 0.3) is 10.8 Å². The Hall–Kier alpha value is -2.44. The second-order valence-corrected chi connectivity index (χ2v) is 7.16. The fourth-order valence-electron chi connectivity index (χ4n) is 3.85. The first kappa shape index (κ1) is 17.9. The van der Waals surface area contributed by atoms with Crippen LogP contribution in [0.2, 0.25) is 0 Å². The summed E-state index contributed by atoms with van der Waals surface area (Å²) in [7, 11) is 0. The Balaban J connectivity index is 1.48. The van der Waals surface area contributed by atoms with Crippen LogP contribution in [0.1, 0.15) is 12.0 Å². The minimum atomic E-state index is -0.416. The summed E-state index contributed by atoms with van der Waals surface area (Å²) in [6.07, 6.45) is 0.222. The lowest BCUT2D eigenvalue weighted by molar-refractivity contribution is -0.141. The zero-order valence-electron chi connectivity index (χ0n) is 15.4. The van der Waals surface area contributed by atoms with E-state index in [9.17, 15) is 9.59 Å². The van der Waals surface area contributed by atoms with E-state index in [1.54, 1.807) is 4.90 Å². The van der Waals surface area contributed by atoms with E-state index in [1.807, 2.05) is 12.1 Å². The second-order valence-electron chi connectivity index (χ2n) is 7.16. The highest BCUT2D eigenvalue weighted by atomic mass is 16.5. The molecule has 0 spiro atoms. The van der Waals surface area contributed by atoms with E-state index >= 15 is 0 Å². The Bertz CT molecular complexity index is 832. The quantitative estimate of drug-likeness (QED) is 0.887. The predicted molar refractivity (Wildman–Crippen MR) is 103 cm³/mol. The summed E-state index contributed by atoms with van der Waals surface area (Å²) >= 11 is 0. The molecule has 4 rings (SSSR count). The van der Waals surface area contributed by atoms with Gasteiger partial charge in [-0.2, -0.15) is 0 Å². The topological polar surface area (TPSA) is 61.9 Å². The molecule has 142 valence electrons. The average Bonchev–Trinajstić information content (AvgIpc) is 2.71. The van der Waals surface area contributed by atoms with Gasteiger partial charge in [-0.15, -0.1) is 0 Å². The van der Waals surface area contributed by atoms with Crippen molar-refractivity contribution in [2.24, 2.45) is 0 Å². The highest BCUT2D eigenvalue weighted by Crippen LogP contribution is 2.20. The van der Waals surface area contributed by atoms with Gasteiger partial charge in [-0.05, 0) is 22.4 Å². The van der Waals surface area contributed by atoms with E-state index in [-0.39, 0.29) is 18.2 Å². The Labute approximate surface area is 159 Å². The van der Waals surface area contributed by atoms with Crippen molar-refractivity contribution in [2.45, 2.75) is 19.0 Å². The summed E-state index contributed by atoms with van der Waals surface area (Å²) in [6, 6.07) is 14.2. The van der Waals surface area contributed by atoms with Crippen LogP contribution in [0, 0.1) is 0 Å². The maximum Gasteiger partial charge on any atom is 0.237 e. The molecule has 0 aromatic heterocycles. The number of nitrogens with one attached hydrogen (secondary N) is 1. The zero-order valence-corrected chi connectivity index (χ0v) is 15.4. The maximum absolute atomic E-state index is 12.6. The largest absolute Gasteiger partial charge is 0.378 e. The molecule has 0 bridgehead atoms. The highest BCUT2D eigenvalue weighted by molar-refractivity contribution is 5.89. The molecule has 0 radical (unpaired) electrons. The molecule has 2 amide bonds. The molecule has 2 fully saturated rings. The van der Waals surface area contributed by atoms with Crippen molar-refractivity contribution in [2.75, 3.05) is 39.4 Å². The Morgan fingerprint density at radius 3 is 2.67 bits per heavy atom. The van der Waals surface area contributed by atoms with Crippen LogP contribution in [-0.4, -0.2) is 67.0 Å². The van der Waals surface area contributed by atoms with Crippen molar-refractivity contribution < 1.29 is 14.3 Å². The van der Waals surface area contributed by atoms with Crippen molar-refractivity contribution in [1.82, 2.24) is 15.1 Å². The molecule has 0 aliphatic carbocycles. The van der Waals surface area contributed by atoms with Crippen LogP contribution >= 0.6 is 0 Å². The molecule has 1 atom stereocenters. The summed E-state index contributed by atoms with van der Waals surface area (Å²) in [6.45, 7) is 4.40. The van der Waals surface area contributed by atoms with Gasteiger partial charge in [0.05, 0.1) is 25.7 Å². The van der Waals surface area contributed by atoms with Crippen LogP contribution in [0.3, 0.4) is 0 Å². The monoisotopic (exact) mass is 367 g/mol. The van der Waals surface area contributed by atoms with Crippen LogP contribution in [0.4, 0.5) is 0 Å². The van der Waals surface area contributed by atoms with Gasteiger partial charge in [-0.3, -0.25) is 14.5 Å². The lowest BCUT2D eigenvalue weighted by Gasteiger charge is -2.36. The van der Waals surface area contributed by atoms with Gasteiger partial charge in [-0.25, -0.2) is 0 Å². The van der Waals surface area contributed by atoms with E-state index in [4.69, 9.17) is 4.74 Å². The number of amides is 2. The molecule has 0 saturated carbocycles. The van der Waals surface area contributed by atoms with E-state index in [0.717, 1.165) is 12.1 Å². The number of morpholine rings is 1. The number of nitrogens with zero attached hydrogens (tertiary/aromatic N) is 2. The third-order valence-electron chi connectivity index (χ3n) is 5.37. The predicted octanol–water partition coefficient (Wildman–Crippen LogP) is 1.39. The summed E-state index contributed by atoms with van der Waals surface area (Å²) in [5.74, 6) is -0.0208. The zero-order chi connectivity index (χ0) is 18.6. The second kappa shape index (κ2) is 8.06. The van der Waals surface area contributed by atoms with Crippen molar-refractivity contribution in [3.05, 3.63) is 48.0 Å². The first-order chi connectivity index (χ1) is 13.2. The Morgan fingerprint density at radius 1 is 1.07 bits per heavy atom. The number of fused-ring (bicyclic) bond motifs is 1. The number of hydrogen-bond donors (Lipinski definition) is 1. The van der Waals surface area contributed by atoms with Crippen LogP contribution in [0.5, 0.6) is 0 Å². The summed E-state index contributed by atoms with van der Waals surface area (Å²) in [5, 5.41) is 5.31. The number of benzene rings is 2. The molecule has 6 heteroatoms. The van der Waals surface area contributed by atoms with Gasteiger partial charge in [0.2, 0.25) is 11.8 Å². The number of carbonyl (C=O) groups is 2. The first-order valence-corrected chi connectivity index (χ1v) is 9.56. The number of ether oxygens (including phenoxy) is 1. The van der Waals surface area contributed by atoms with Gasteiger partial charge in [0.15, 0.2) is 0 Å². The van der Waals surface area contributed by atoms with Crippen molar-refractivity contribution >= 4 is 22.6 Å². The van der Waals surface area contributed by atoms with E-state index in [0.29, 0.717) is 39.4 Å². The fraction of sp³-hybridized carbons (Fsp3) is 0.429. The summed E-state index contributed by atoms with van der Waals surface area (Å²) in [5.41, 5.74) is 1.16. The lowest BCUT2D eigenvalue weighted by atomic mass is 10.0. The summed E-state index contributed by atoms with van der Waals surface area (Å²) in [4.78, 5) is 29.1. The van der Waals surface area contributed by atoms with Gasteiger partial charge in [0, 0.05) is 32.7 Å². The molecule has 2 saturated heterocycles. The van der Waals surface area contributed by atoms with Gasteiger partial charge >= 0.3 is 0 Å². The SMILES string of the molecule is O=C1NCCN(Cc2ccc3ccccc3c2)C1CC(=O)N1CCOCC1. The van der Waals surface area contributed by atoms with Crippen molar-refractivity contribution in [3.63, 3.8) is 0 Å². The summed E-state index contributed by atoms with van der Waals surface area (Å²) < 4.78 is 5.31. The van der Waals surface area contributed by atoms with Crippen molar-refractivity contribution in [3.8, 4) is 0 Å². The molecule has 2 aliphatic heterocycles. The van der Waals surface area contributed by atoms with E-state index < -0.39 is 6.04 Å². The van der Waals surface area contributed by atoms with Crippen LogP contribution in [0.15, 0.2) is 42.5 Å². The maximum atomic E-state index is 12.6. The molecular formula is C21H25N3O3. The lowest BCUT2D eigenvalue weighted by Crippen LogP contribution is -2.56. The third kappa shape index (κ3) is 4.12. The molecule has 27 heavy (non-hydrogen) atoms. The smallest absolute Gasteiger partial charge is 0.237 e. The molecule has 2 aromatic rings. The molecule has 1 unspecified atom stereocenters. The number of rotatable bonds is 4. The molecule has 6 nitrogen and oxygen atoms in total. The van der Waals surface area contributed by atoms with E-state index in [2.05, 4.69) is 40.5 Å². The standard InChI is InChI=1S/C21H25N3O3/c25-20(23-9-11-27-12-10-23)14-19-21(26)22-7-8-24(19)15-16-5-6-17-3-1-2-4-18(17)13-16/h1-6,13,19H,7-12,14-15H2,(H,22,26).